The first-order valence-electron chi connectivity index (χ1n) is 23.5. The van der Waals surface area contributed by atoms with Gasteiger partial charge in [0.25, 0.3) is 0 Å². The molecule has 0 saturated heterocycles. The van der Waals surface area contributed by atoms with E-state index >= 15 is 0 Å². The fraction of sp³-hybridized carbons (Fsp3) is 0.393. The third-order valence-electron chi connectivity index (χ3n) is 11.7. The number of nitrogens with two attached hydrogens (primary N) is 5. The summed E-state index contributed by atoms with van der Waals surface area (Å²) < 4.78 is 6.01. The molecule has 12 heteroatoms. The number of hydrogen-bond acceptors (Lipinski definition) is 12. The van der Waals surface area contributed by atoms with Crippen LogP contribution in [0.1, 0.15) is 107 Å². The number of carbonyl (C=O) groups is 4. The summed E-state index contributed by atoms with van der Waals surface area (Å²) in [5.74, 6) is 0.865. The van der Waals surface area contributed by atoms with Gasteiger partial charge in [0.05, 0.1) is 12.1 Å². The average Bonchev–Trinajstić information content (AvgIpc) is 3.30. The predicted molar refractivity (Wildman–Crippen MR) is 281 cm³/mol. The molecule has 10 N–H and O–H groups in total. The van der Waals surface area contributed by atoms with Gasteiger partial charge in [-0.05, 0) is 86.4 Å². The van der Waals surface area contributed by atoms with E-state index in [-0.39, 0.29) is 72.8 Å². The van der Waals surface area contributed by atoms with E-state index in [1.165, 1.54) is 23.5 Å². The van der Waals surface area contributed by atoms with E-state index in [1.54, 1.807) is 18.2 Å². The molecule has 10 nitrogen and oxygen atoms in total. The molecule has 0 radical (unpaired) electrons. The molecule has 0 amide bonds. The van der Waals surface area contributed by atoms with E-state index < -0.39 is 12.1 Å². The summed E-state index contributed by atoms with van der Waals surface area (Å²) in [6.07, 6.45) is 1.04. The van der Waals surface area contributed by atoms with Crippen molar-refractivity contribution in [1.82, 2.24) is 0 Å². The van der Waals surface area contributed by atoms with Crippen LogP contribution in [0.2, 0.25) is 0 Å². The predicted octanol–water partition coefficient (Wildman–Crippen LogP) is 7.93. The highest BCUT2D eigenvalue weighted by Gasteiger charge is 2.27. The number of thioether (sulfide) groups is 2. The molecule has 2 unspecified atom stereocenters. The molecule has 0 spiro atoms. The average molecular weight is 958 g/mol. The maximum Gasteiger partial charge on any atom is 0.167 e. The van der Waals surface area contributed by atoms with Crippen LogP contribution in [0, 0.1) is 0 Å². The zero-order chi connectivity index (χ0) is 49.6. The van der Waals surface area contributed by atoms with Crippen LogP contribution in [-0.4, -0.2) is 73.0 Å². The number of rotatable bonds is 25. The van der Waals surface area contributed by atoms with Gasteiger partial charge >= 0.3 is 0 Å². The van der Waals surface area contributed by atoms with Crippen molar-refractivity contribution in [3.63, 3.8) is 0 Å². The van der Waals surface area contributed by atoms with Crippen LogP contribution in [0.5, 0.6) is 5.75 Å². The van der Waals surface area contributed by atoms with Crippen molar-refractivity contribution < 1.29 is 23.9 Å². The number of ether oxygens (including phenoxy) is 1. The first-order chi connectivity index (χ1) is 32.3. The lowest BCUT2D eigenvalue weighted by Crippen LogP contribution is -2.34. The Morgan fingerprint density at radius 2 is 0.882 bits per heavy atom. The van der Waals surface area contributed by atoms with Crippen LogP contribution >= 0.6 is 23.5 Å². The molecule has 2 atom stereocenters. The molecule has 0 aliphatic rings. The first-order valence-corrected chi connectivity index (χ1v) is 25.4. The Hall–Kier alpha value is -4.92. The van der Waals surface area contributed by atoms with E-state index in [2.05, 4.69) is 65.8 Å². The second-order valence-electron chi connectivity index (χ2n) is 19.5. The quantitative estimate of drug-likeness (QED) is 0.0279. The number of hydrogen-bond donors (Lipinski definition) is 5. The van der Waals surface area contributed by atoms with Gasteiger partial charge in [0.15, 0.2) is 23.1 Å². The van der Waals surface area contributed by atoms with E-state index in [9.17, 15) is 19.2 Å². The van der Waals surface area contributed by atoms with Gasteiger partial charge in [-0.3, -0.25) is 19.2 Å². The van der Waals surface area contributed by atoms with Gasteiger partial charge in [0, 0.05) is 77.7 Å². The maximum atomic E-state index is 14.7. The normalized spacial score (nSPS) is 12.7. The lowest BCUT2D eigenvalue weighted by Gasteiger charge is -2.24. The van der Waals surface area contributed by atoms with Crippen LogP contribution in [-0.2, 0) is 58.9 Å². The summed E-state index contributed by atoms with van der Waals surface area (Å²) in [5, 5.41) is 0. The summed E-state index contributed by atoms with van der Waals surface area (Å²) in [5.41, 5.74) is 38.0. The van der Waals surface area contributed by atoms with Gasteiger partial charge in [-0.1, -0.05) is 126 Å². The molecule has 0 heterocycles. The minimum atomic E-state index is -0.705. The Morgan fingerprint density at radius 1 is 0.515 bits per heavy atom. The fourth-order valence-corrected chi connectivity index (χ4v) is 9.84. The fourth-order valence-electron chi connectivity index (χ4n) is 7.93. The lowest BCUT2D eigenvalue weighted by atomic mass is 9.83. The number of carbonyl (C=O) groups excluding carboxylic acids is 4. The van der Waals surface area contributed by atoms with Crippen molar-refractivity contribution in [3.05, 3.63) is 159 Å². The van der Waals surface area contributed by atoms with Crippen molar-refractivity contribution >= 4 is 46.7 Å². The van der Waals surface area contributed by atoms with Gasteiger partial charge in [-0.15, -0.1) is 23.5 Å². The molecule has 5 rings (SSSR count). The van der Waals surface area contributed by atoms with Crippen LogP contribution in [0.4, 0.5) is 0 Å². The van der Waals surface area contributed by atoms with Gasteiger partial charge in [-0.2, -0.15) is 0 Å². The number of Topliss-reactive ketones (excluding diaryl/α,β-unsaturated/α-hetero) is 4. The number of ketones is 4. The first kappa shape index (κ1) is 54.0. The minimum absolute atomic E-state index is 0.000635. The van der Waals surface area contributed by atoms with Crippen molar-refractivity contribution in [1.29, 1.82) is 0 Å². The highest BCUT2D eigenvalue weighted by molar-refractivity contribution is 7.99. The second kappa shape index (κ2) is 25.1. The SMILES string of the molecule is CC(C)(C)c1cc(CC(=O)c2cc(OCCN)cc(C(=O)Cc3cc(C(C)(C)C)cc(CC(=O)C(N)Cc4ccccc4)c3SCCN)c2)c(SCCN)c(CC(=O)C(N)Cc2ccccc2)c1. The Morgan fingerprint density at radius 3 is 1.22 bits per heavy atom. The molecule has 0 aromatic heterocycles. The van der Waals surface area contributed by atoms with Gasteiger partial charge in [0.1, 0.15) is 12.4 Å². The molecule has 5 aromatic rings. The standard InChI is InChI=1S/C56H71N5O5S2/c1-55(2,3)44-26-40(53(67-21-18-58)42(28-44)34-51(64)47(60)23-36-13-9-7-10-14-36)32-49(62)38-25-39(31-46(30-38)66-20-17-57)50(63)33-41-27-45(56(4,5)6)29-43(54(41)68-22-19-59)35-52(65)48(61)24-37-15-11-8-12-16-37/h7-16,25-31,47-48H,17-24,32-35,57-61H2,1-6H3. The van der Waals surface area contributed by atoms with Crippen molar-refractivity contribution in [3.8, 4) is 5.75 Å². The Kier molecular flexibility index (Phi) is 19.9. The summed E-state index contributed by atoms with van der Waals surface area (Å²) in [7, 11) is 0. The molecular weight excluding hydrogens is 887 g/mol. The lowest BCUT2D eigenvalue weighted by molar-refractivity contribution is -0.120. The Bertz CT molecular complexity index is 2350. The van der Waals surface area contributed by atoms with Crippen molar-refractivity contribution in [2.24, 2.45) is 28.7 Å². The zero-order valence-corrected chi connectivity index (χ0v) is 42.3. The Labute approximate surface area is 412 Å². The van der Waals surface area contributed by atoms with Gasteiger partial charge in [0.2, 0.25) is 0 Å². The maximum absolute atomic E-state index is 14.7. The third-order valence-corrected chi connectivity index (χ3v) is 14.2. The summed E-state index contributed by atoms with van der Waals surface area (Å²) >= 11 is 3.05. The smallest absolute Gasteiger partial charge is 0.167 e. The largest absolute Gasteiger partial charge is 0.492 e. The third kappa shape index (κ3) is 15.5. The molecule has 0 fully saturated rings. The van der Waals surface area contributed by atoms with Crippen LogP contribution < -0.4 is 33.4 Å². The minimum Gasteiger partial charge on any atom is -0.492 e. The van der Waals surface area contributed by atoms with E-state index in [4.69, 9.17) is 33.4 Å². The monoisotopic (exact) mass is 957 g/mol. The topological polar surface area (TPSA) is 208 Å². The summed E-state index contributed by atoms with van der Waals surface area (Å²) in [4.78, 5) is 58.6. The molecule has 0 aliphatic carbocycles. The summed E-state index contributed by atoms with van der Waals surface area (Å²) in [6, 6.07) is 31.2. The molecule has 0 saturated carbocycles. The molecular formula is C56H71N5O5S2. The van der Waals surface area contributed by atoms with Crippen molar-refractivity contribution in [2.45, 2.75) is 113 Å². The molecule has 5 aromatic carbocycles. The second-order valence-corrected chi connectivity index (χ2v) is 21.7. The summed E-state index contributed by atoms with van der Waals surface area (Å²) in [6.45, 7) is 13.8. The molecule has 0 aliphatic heterocycles. The zero-order valence-electron chi connectivity index (χ0n) is 40.7. The highest BCUT2D eigenvalue weighted by atomic mass is 32.2. The van der Waals surface area contributed by atoms with E-state index in [1.807, 2.05) is 60.7 Å². The van der Waals surface area contributed by atoms with E-state index in [0.29, 0.717) is 54.3 Å². The number of benzene rings is 5. The molecule has 68 heavy (non-hydrogen) atoms. The molecule has 0 bridgehead atoms. The van der Waals surface area contributed by atoms with Crippen LogP contribution in [0.25, 0.3) is 0 Å². The van der Waals surface area contributed by atoms with Crippen LogP contribution in [0.3, 0.4) is 0 Å². The van der Waals surface area contributed by atoms with E-state index in [0.717, 1.165) is 54.3 Å². The van der Waals surface area contributed by atoms with Crippen LogP contribution in [0.15, 0.2) is 113 Å². The van der Waals surface area contributed by atoms with Gasteiger partial charge in [-0.25, -0.2) is 0 Å². The van der Waals surface area contributed by atoms with Crippen molar-refractivity contribution in [2.75, 3.05) is 37.7 Å². The molecule has 362 valence electrons. The van der Waals surface area contributed by atoms with Gasteiger partial charge < -0.3 is 33.4 Å². The Balaban J connectivity index is 1.52. The highest BCUT2D eigenvalue weighted by Crippen LogP contribution is 2.37.